The Morgan fingerprint density at radius 2 is 1.65 bits per heavy atom. The zero-order valence-electron chi connectivity index (χ0n) is 15.9. The van der Waals surface area contributed by atoms with E-state index in [4.69, 9.17) is 19.9 Å². The molecule has 1 aromatic rings. The van der Waals surface area contributed by atoms with Crippen LogP contribution in [0.15, 0.2) is 12.1 Å². The van der Waals surface area contributed by atoms with E-state index >= 15 is 0 Å². The second kappa shape index (κ2) is 10.5. The summed E-state index contributed by atoms with van der Waals surface area (Å²) in [7, 11) is 4.77. The maximum absolute atomic E-state index is 12.5. The Labute approximate surface area is 162 Å². The lowest BCUT2D eigenvalue weighted by atomic mass is 9.71. The van der Waals surface area contributed by atoms with Gasteiger partial charge in [-0.15, -0.1) is 12.4 Å². The third kappa shape index (κ3) is 5.42. The number of nitrogens with one attached hydrogen (secondary N) is 1. The molecule has 1 saturated carbocycles. The van der Waals surface area contributed by atoms with Gasteiger partial charge in [0.05, 0.1) is 33.4 Å². The summed E-state index contributed by atoms with van der Waals surface area (Å²) in [4.78, 5) is 12.5. The Balaban J connectivity index is 0.00000338. The van der Waals surface area contributed by atoms with Crippen molar-refractivity contribution in [3.05, 3.63) is 17.7 Å². The molecular formula is C19H31ClN2O4. The molecule has 1 fully saturated rings. The molecule has 0 unspecified atom stereocenters. The highest BCUT2D eigenvalue weighted by atomic mass is 35.5. The van der Waals surface area contributed by atoms with Crippen molar-refractivity contribution in [1.82, 2.24) is 5.32 Å². The van der Waals surface area contributed by atoms with Crippen LogP contribution in [-0.2, 0) is 11.3 Å². The van der Waals surface area contributed by atoms with Crippen LogP contribution in [-0.4, -0.2) is 33.8 Å². The summed E-state index contributed by atoms with van der Waals surface area (Å²) < 4.78 is 16.1. The van der Waals surface area contributed by atoms with Gasteiger partial charge in [0.15, 0.2) is 0 Å². The van der Waals surface area contributed by atoms with Gasteiger partial charge in [0.25, 0.3) is 0 Å². The fourth-order valence-corrected chi connectivity index (χ4v) is 3.60. The fraction of sp³-hybridized carbons (Fsp3) is 0.632. The molecule has 148 valence electrons. The van der Waals surface area contributed by atoms with E-state index in [0.717, 1.165) is 31.2 Å². The number of nitrogens with two attached hydrogens (primary N) is 1. The predicted molar refractivity (Wildman–Crippen MR) is 104 cm³/mol. The first-order valence-electron chi connectivity index (χ1n) is 8.83. The van der Waals surface area contributed by atoms with Crippen molar-refractivity contribution in [2.45, 2.75) is 45.1 Å². The van der Waals surface area contributed by atoms with Gasteiger partial charge in [-0.3, -0.25) is 4.79 Å². The number of methoxy groups -OCH3 is 3. The van der Waals surface area contributed by atoms with Crippen molar-refractivity contribution in [1.29, 1.82) is 0 Å². The molecule has 6 nitrogen and oxygen atoms in total. The van der Waals surface area contributed by atoms with Gasteiger partial charge >= 0.3 is 0 Å². The summed E-state index contributed by atoms with van der Waals surface area (Å²) in [5, 5.41) is 3.00. The van der Waals surface area contributed by atoms with Crippen LogP contribution in [0.5, 0.6) is 17.2 Å². The van der Waals surface area contributed by atoms with Crippen molar-refractivity contribution in [3.63, 3.8) is 0 Å². The lowest BCUT2D eigenvalue weighted by molar-refractivity contribution is -0.124. The predicted octanol–water partition coefficient (Wildman–Crippen LogP) is 3.05. The van der Waals surface area contributed by atoms with E-state index in [2.05, 4.69) is 5.32 Å². The molecule has 0 heterocycles. The van der Waals surface area contributed by atoms with Crippen LogP contribution < -0.4 is 25.3 Å². The number of hydrogen-bond acceptors (Lipinski definition) is 5. The number of hydrogen-bond donors (Lipinski definition) is 2. The number of ether oxygens (including phenoxy) is 3. The minimum absolute atomic E-state index is 0. The van der Waals surface area contributed by atoms with Crippen LogP contribution in [0.3, 0.4) is 0 Å². The van der Waals surface area contributed by atoms with Crippen LogP contribution in [0.2, 0.25) is 0 Å². The molecule has 0 saturated heterocycles. The summed E-state index contributed by atoms with van der Waals surface area (Å²) in [5.41, 5.74) is 6.73. The Bertz CT molecular complexity index is 564. The molecule has 0 atom stereocenters. The minimum atomic E-state index is -0.0452. The molecule has 0 spiro atoms. The van der Waals surface area contributed by atoms with Crippen LogP contribution in [0.25, 0.3) is 0 Å². The number of benzene rings is 1. The highest BCUT2D eigenvalue weighted by Crippen LogP contribution is 2.38. The normalized spacial score (nSPS) is 15.5. The van der Waals surface area contributed by atoms with E-state index in [1.165, 1.54) is 6.42 Å². The molecule has 1 aliphatic carbocycles. The Morgan fingerprint density at radius 3 is 2.12 bits per heavy atom. The van der Waals surface area contributed by atoms with E-state index in [0.29, 0.717) is 36.8 Å². The smallest absolute Gasteiger partial charge is 0.220 e. The number of rotatable bonds is 8. The lowest BCUT2D eigenvalue weighted by Gasteiger charge is -2.35. The van der Waals surface area contributed by atoms with Crippen molar-refractivity contribution in [3.8, 4) is 17.2 Å². The maximum Gasteiger partial charge on any atom is 0.220 e. The van der Waals surface area contributed by atoms with E-state index in [1.807, 2.05) is 0 Å². The number of amides is 1. The number of carbonyl (C=O) groups excluding carboxylic acids is 1. The largest absolute Gasteiger partial charge is 0.496 e. The van der Waals surface area contributed by atoms with Gasteiger partial charge in [0.1, 0.15) is 17.2 Å². The molecule has 26 heavy (non-hydrogen) atoms. The van der Waals surface area contributed by atoms with Crippen molar-refractivity contribution in [2.24, 2.45) is 11.1 Å². The van der Waals surface area contributed by atoms with Gasteiger partial charge in [-0.2, -0.15) is 0 Å². The average molecular weight is 387 g/mol. The van der Waals surface area contributed by atoms with E-state index in [9.17, 15) is 4.79 Å². The molecule has 1 amide bonds. The van der Waals surface area contributed by atoms with Crippen LogP contribution >= 0.6 is 12.4 Å². The molecule has 7 heteroatoms. The van der Waals surface area contributed by atoms with Gasteiger partial charge in [-0.25, -0.2) is 0 Å². The molecule has 0 bridgehead atoms. The maximum atomic E-state index is 12.5. The molecule has 3 N–H and O–H groups in total. The molecule has 1 aliphatic rings. The summed E-state index contributed by atoms with van der Waals surface area (Å²) in [6.45, 7) is 0.908. The summed E-state index contributed by atoms with van der Waals surface area (Å²) in [6.07, 6.45) is 6.10. The molecular weight excluding hydrogens is 356 g/mol. The van der Waals surface area contributed by atoms with E-state index < -0.39 is 0 Å². The summed E-state index contributed by atoms with van der Waals surface area (Å²) in [6, 6.07) is 3.57. The molecule has 0 aromatic heterocycles. The first kappa shape index (κ1) is 22.4. The summed E-state index contributed by atoms with van der Waals surface area (Å²) >= 11 is 0. The molecule has 0 radical (unpaired) electrons. The number of carbonyl (C=O) groups is 1. The quantitative estimate of drug-likeness (QED) is 0.717. The lowest BCUT2D eigenvalue weighted by Crippen LogP contribution is -2.38. The topological polar surface area (TPSA) is 82.8 Å². The zero-order valence-corrected chi connectivity index (χ0v) is 16.7. The first-order chi connectivity index (χ1) is 12.1. The molecule has 1 aromatic carbocycles. The van der Waals surface area contributed by atoms with Gasteiger partial charge in [0.2, 0.25) is 5.91 Å². The Hall–Kier alpha value is -1.66. The Morgan fingerprint density at radius 1 is 1.08 bits per heavy atom. The second-order valence-electron chi connectivity index (χ2n) is 6.73. The first-order valence-corrected chi connectivity index (χ1v) is 8.83. The molecule has 0 aliphatic heterocycles. The summed E-state index contributed by atoms with van der Waals surface area (Å²) in [5.74, 6) is 1.92. The third-order valence-electron chi connectivity index (χ3n) is 5.16. The van der Waals surface area contributed by atoms with Gasteiger partial charge in [-0.1, -0.05) is 19.3 Å². The third-order valence-corrected chi connectivity index (χ3v) is 5.16. The SMILES string of the molecule is COc1cc(OC)c(CNC(=O)CC2(CN)CCCCC2)c(OC)c1.Cl. The fourth-order valence-electron chi connectivity index (χ4n) is 3.60. The Kier molecular flexibility index (Phi) is 9.02. The minimum Gasteiger partial charge on any atom is -0.496 e. The monoisotopic (exact) mass is 386 g/mol. The number of halogens is 1. The van der Waals surface area contributed by atoms with Gasteiger partial charge < -0.3 is 25.3 Å². The van der Waals surface area contributed by atoms with Crippen LogP contribution in [0.1, 0.15) is 44.1 Å². The highest BCUT2D eigenvalue weighted by Gasteiger charge is 2.33. The van der Waals surface area contributed by atoms with Gasteiger partial charge in [-0.05, 0) is 24.8 Å². The standard InChI is InChI=1S/C19H30N2O4.ClH/c1-23-14-9-16(24-2)15(17(10-14)25-3)12-21-18(22)11-19(13-20)7-5-4-6-8-19;/h9-10H,4-8,11-13,20H2,1-3H3,(H,21,22);1H. The second-order valence-corrected chi connectivity index (χ2v) is 6.73. The average Bonchev–Trinajstić information content (AvgIpc) is 2.66. The van der Waals surface area contributed by atoms with E-state index in [1.54, 1.807) is 33.5 Å². The highest BCUT2D eigenvalue weighted by molar-refractivity contribution is 5.85. The van der Waals surface area contributed by atoms with Crippen LogP contribution in [0.4, 0.5) is 0 Å². The van der Waals surface area contributed by atoms with Crippen LogP contribution in [0, 0.1) is 5.41 Å². The molecule has 2 rings (SSSR count). The van der Waals surface area contributed by atoms with Gasteiger partial charge in [0, 0.05) is 18.6 Å². The zero-order chi connectivity index (χ0) is 18.3. The van der Waals surface area contributed by atoms with Crippen molar-refractivity contribution >= 4 is 18.3 Å². The van der Waals surface area contributed by atoms with E-state index in [-0.39, 0.29) is 23.7 Å². The van der Waals surface area contributed by atoms with Crippen molar-refractivity contribution in [2.75, 3.05) is 27.9 Å². The van der Waals surface area contributed by atoms with Crippen molar-refractivity contribution < 1.29 is 19.0 Å².